The van der Waals surface area contributed by atoms with Crippen molar-refractivity contribution >= 4 is 21.9 Å². The first-order valence-corrected chi connectivity index (χ1v) is 11.5. The van der Waals surface area contributed by atoms with Crippen LogP contribution in [0.3, 0.4) is 0 Å². The summed E-state index contributed by atoms with van der Waals surface area (Å²) in [7, 11) is -1.79. The fraction of sp³-hybridized carbons (Fsp3) is 0.400. The fourth-order valence-electron chi connectivity index (χ4n) is 3.55. The number of carbonyl (C=O) groups excluding carboxylic acids is 1. The number of anilines is 1. The lowest BCUT2D eigenvalue weighted by molar-refractivity contribution is 0.102. The summed E-state index contributed by atoms with van der Waals surface area (Å²) in [6, 6.07) is 7.52. The summed E-state index contributed by atoms with van der Waals surface area (Å²) in [4.78, 5) is 12.7. The number of hydrogen-bond acceptors (Lipinski definition) is 7. The Bertz CT molecular complexity index is 1180. The van der Waals surface area contributed by atoms with Crippen molar-refractivity contribution in [3.05, 3.63) is 41.6 Å². The number of benzene rings is 1. The van der Waals surface area contributed by atoms with E-state index in [2.05, 4.69) is 20.6 Å². The molecule has 2 aromatic heterocycles. The van der Waals surface area contributed by atoms with Gasteiger partial charge >= 0.3 is 6.01 Å². The predicted molar refractivity (Wildman–Crippen MR) is 113 cm³/mol. The molecule has 0 spiro atoms. The van der Waals surface area contributed by atoms with Crippen LogP contribution in [0.15, 0.2) is 39.6 Å². The number of carbonyl (C=O) groups is 1. The zero-order valence-electron chi connectivity index (χ0n) is 17.6. The number of aryl methyl sites for hydroxylation is 2. The Balaban J connectivity index is 1.46. The van der Waals surface area contributed by atoms with Gasteiger partial charge in [-0.15, -0.1) is 5.10 Å². The Hall–Kier alpha value is -3.05. The van der Waals surface area contributed by atoms with E-state index >= 15 is 0 Å². The summed E-state index contributed by atoms with van der Waals surface area (Å²) < 4.78 is 34.5. The average Bonchev–Trinajstić information content (AvgIpc) is 3.34. The molecule has 164 valence electrons. The number of nitrogens with one attached hydrogen (secondary N) is 1. The molecule has 1 aromatic carbocycles. The van der Waals surface area contributed by atoms with Crippen LogP contribution in [0, 0.1) is 6.92 Å². The molecule has 1 aliphatic heterocycles. The molecule has 31 heavy (non-hydrogen) atoms. The van der Waals surface area contributed by atoms with E-state index in [1.165, 1.54) is 28.6 Å². The minimum Gasteiger partial charge on any atom is -0.401 e. The second kappa shape index (κ2) is 8.23. The Kier molecular flexibility index (Phi) is 5.63. The van der Waals surface area contributed by atoms with E-state index in [1.54, 1.807) is 17.8 Å². The van der Waals surface area contributed by atoms with Crippen LogP contribution < -0.4 is 5.32 Å². The van der Waals surface area contributed by atoms with E-state index in [0.29, 0.717) is 12.2 Å². The van der Waals surface area contributed by atoms with E-state index in [9.17, 15) is 13.2 Å². The molecule has 0 saturated carbocycles. The van der Waals surface area contributed by atoms with Gasteiger partial charge < -0.3 is 4.42 Å². The largest absolute Gasteiger partial charge is 0.401 e. The second-order valence-electron chi connectivity index (χ2n) is 7.65. The third-order valence-corrected chi connectivity index (χ3v) is 7.47. The number of aromatic nitrogens is 4. The summed E-state index contributed by atoms with van der Waals surface area (Å²) in [5, 5.41) is 14.5. The van der Waals surface area contributed by atoms with Crippen LogP contribution >= 0.6 is 0 Å². The first kappa shape index (κ1) is 21.2. The highest BCUT2D eigenvalue weighted by molar-refractivity contribution is 7.89. The maximum atomic E-state index is 12.9. The van der Waals surface area contributed by atoms with Crippen molar-refractivity contribution in [2.75, 3.05) is 11.9 Å². The summed E-state index contributed by atoms with van der Waals surface area (Å²) in [6.45, 7) is 4.33. The third-order valence-electron chi connectivity index (χ3n) is 5.44. The second-order valence-corrected chi connectivity index (χ2v) is 9.54. The van der Waals surface area contributed by atoms with Gasteiger partial charge in [0.15, 0.2) is 0 Å². The molecule has 1 fully saturated rings. The highest BCUT2D eigenvalue weighted by atomic mass is 32.2. The lowest BCUT2D eigenvalue weighted by Crippen LogP contribution is -2.41. The molecule has 1 atom stereocenters. The molecule has 10 nitrogen and oxygen atoms in total. The number of amides is 1. The smallest absolute Gasteiger partial charge is 0.322 e. The van der Waals surface area contributed by atoms with Crippen molar-refractivity contribution in [1.29, 1.82) is 0 Å². The minimum atomic E-state index is -3.59. The van der Waals surface area contributed by atoms with Gasteiger partial charge in [0.1, 0.15) is 5.69 Å². The van der Waals surface area contributed by atoms with Crippen LogP contribution in [0.25, 0.3) is 11.6 Å². The molecule has 4 rings (SSSR count). The van der Waals surface area contributed by atoms with Crippen molar-refractivity contribution < 1.29 is 17.6 Å². The van der Waals surface area contributed by atoms with Crippen molar-refractivity contribution in [3.8, 4) is 11.6 Å². The summed E-state index contributed by atoms with van der Waals surface area (Å²) in [5.74, 6) is -0.293. The van der Waals surface area contributed by atoms with Crippen LogP contribution in [0.2, 0.25) is 0 Å². The van der Waals surface area contributed by atoms with Crippen LogP contribution in [-0.2, 0) is 17.1 Å². The molecule has 3 aromatic rings. The van der Waals surface area contributed by atoms with Crippen LogP contribution in [0.4, 0.5) is 6.01 Å². The van der Waals surface area contributed by atoms with Gasteiger partial charge in [0, 0.05) is 30.9 Å². The summed E-state index contributed by atoms with van der Waals surface area (Å²) in [6.07, 6.45) is 2.74. The molecular weight excluding hydrogens is 420 g/mol. The van der Waals surface area contributed by atoms with E-state index in [4.69, 9.17) is 4.42 Å². The van der Waals surface area contributed by atoms with Crippen LogP contribution in [-0.4, -0.2) is 51.2 Å². The summed E-state index contributed by atoms with van der Waals surface area (Å²) >= 11 is 0. The van der Waals surface area contributed by atoms with Gasteiger partial charge in [-0.3, -0.25) is 14.8 Å². The molecule has 0 radical (unpaired) electrons. The van der Waals surface area contributed by atoms with Gasteiger partial charge in [-0.25, -0.2) is 8.42 Å². The summed E-state index contributed by atoms with van der Waals surface area (Å²) in [5.41, 5.74) is 1.71. The Morgan fingerprint density at radius 2 is 1.94 bits per heavy atom. The zero-order valence-corrected chi connectivity index (χ0v) is 18.4. The maximum Gasteiger partial charge on any atom is 0.322 e. The molecule has 3 heterocycles. The highest BCUT2D eigenvalue weighted by Crippen LogP contribution is 2.25. The molecule has 1 amide bonds. The monoisotopic (exact) mass is 444 g/mol. The molecular formula is C20H24N6O4S. The number of nitrogens with zero attached hydrogens (tertiary/aromatic N) is 5. The quantitative estimate of drug-likeness (QED) is 0.641. The molecule has 1 N–H and O–H groups in total. The molecule has 1 unspecified atom stereocenters. The normalized spacial score (nSPS) is 17.6. The number of hydrogen-bond donors (Lipinski definition) is 1. The molecule has 0 bridgehead atoms. The predicted octanol–water partition coefficient (Wildman–Crippen LogP) is 2.59. The first-order valence-electron chi connectivity index (χ1n) is 10.0. The van der Waals surface area contributed by atoms with E-state index in [-0.39, 0.29) is 28.4 Å². The van der Waals surface area contributed by atoms with Gasteiger partial charge in [0.25, 0.3) is 11.8 Å². The standard InChI is InChI=1S/C20H24N6O4S/c1-13-6-4-5-11-26(13)31(28,29)16-9-7-15(8-10-16)18(27)21-20-23-22-19(30-20)17-12-14(2)25(3)24-17/h7-10,12-13H,4-6,11H2,1-3H3,(H,21,23,27). The molecule has 11 heteroatoms. The van der Waals surface area contributed by atoms with Gasteiger partial charge in [-0.05, 0) is 57.0 Å². The van der Waals surface area contributed by atoms with Crippen molar-refractivity contribution in [3.63, 3.8) is 0 Å². The molecule has 1 saturated heterocycles. The van der Waals surface area contributed by atoms with Crippen molar-refractivity contribution in [1.82, 2.24) is 24.3 Å². The van der Waals surface area contributed by atoms with Crippen molar-refractivity contribution in [2.45, 2.75) is 44.0 Å². The molecule has 1 aliphatic rings. The minimum absolute atomic E-state index is 0.0312. The van der Waals surface area contributed by atoms with Crippen molar-refractivity contribution in [2.24, 2.45) is 7.05 Å². The van der Waals surface area contributed by atoms with Gasteiger partial charge in [-0.2, -0.15) is 9.40 Å². The van der Waals surface area contributed by atoms with Gasteiger partial charge in [0.05, 0.1) is 4.90 Å². The van der Waals surface area contributed by atoms with Crippen LogP contribution in [0.1, 0.15) is 42.2 Å². The number of piperidine rings is 1. The zero-order chi connectivity index (χ0) is 22.2. The third kappa shape index (κ3) is 4.23. The number of rotatable bonds is 5. The Morgan fingerprint density at radius 1 is 1.19 bits per heavy atom. The van der Waals surface area contributed by atoms with Crippen LogP contribution in [0.5, 0.6) is 0 Å². The topological polar surface area (TPSA) is 123 Å². The van der Waals surface area contributed by atoms with Gasteiger partial charge in [-0.1, -0.05) is 11.5 Å². The van der Waals surface area contributed by atoms with E-state index < -0.39 is 15.9 Å². The lowest BCUT2D eigenvalue weighted by Gasteiger charge is -2.32. The molecule has 0 aliphatic carbocycles. The van der Waals surface area contributed by atoms with E-state index in [1.807, 2.05) is 13.8 Å². The average molecular weight is 445 g/mol. The Labute approximate surface area is 180 Å². The highest BCUT2D eigenvalue weighted by Gasteiger charge is 2.31. The Morgan fingerprint density at radius 3 is 2.58 bits per heavy atom. The fourth-order valence-corrected chi connectivity index (χ4v) is 5.25. The number of sulfonamides is 1. The SMILES string of the molecule is Cc1cc(-c2nnc(NC(=O)c3ccc(S(=O)(=O)N4CCCCC4C)cc3)o2)nn1C. The van der Waals surface area contributed by atoms with E-state index in [0.717, 1.165) is 25.0 Å². The van der Waals surface area contributed by atoms with Gasteiger partial charge in [0.2, 0.25) is 10.0 Å². The first-order chi connectivity index (χ1) is 14.8. The maximum absolute atomic E-state index is 12.9. The lowest BCUT2D eigenvalue weighted by atomic mass is 10.1.